The van der Waals surface area contributed by atoms with E-state index in [2.05, 4.69) is 15.4 Å². The molecule has 0 unspecified atom stereocenters. The van der Waals surface area contributed by atoms with Gasteiger partial charge >= 0.3 is 0 Å². The highest BCUT2D eigenvalue weighted by Crippen LogP contribution is 2.36. The van der Waals surface area contributed by atoms with Crippen molar-refractivity contribution in [3.63, 3.8) is 0 Å². The normalized spacial score (nSPS) is 22.9. The molecule has 1 aliphatic carbocycles. The van der Waals surface area contributed by atoms with E-state index >= 15 is 0 Å². The van der Waals surface area contributed by atoms with Gasteiger partial charge in [-0.15, -0.1) is 0 Å². The smallest absolute Gasteiger partial charge is 0.170 e. The first-order chi connectivity index (χ1) is 13.0. The molecule has 142 valence electrons. The summed E-state index contributed by atoms with van der Waals surface area (Å²) in [5.41, 5.74) is 1.52. The van der Waals surface area contributed by atoms with E-state index in [4.69, 9.17) is 4.52 Å². The molecule has 0 amide bonds. The lowest BCUT2D eigenvalue weighted by atomic mass is 9.75. The number of halogens is 2. The Morgan fingerprint density at radius 2 is 2.00 bits per heavy atom. The predicted octanol–water partition coefficient (Wildman–Crippen LogP) is 4.05. The average Bonchev–Trinajstić information content (AvgIpc) is 3.32. The van der Waals surface area contributed by atoms with Crippen LogP contribution in [0.3, 0.4) is 0 Å². The van der Waals surface area contributed by atoms with Crippen LogP contribution in [0.1, 0.15) is 36.9 Å². The van der Waals surface area contributed by atoms with Crippen LogP contribution in [0.25, 0.3) is 11.3 Å². The molecule has 0 aliphatic heterocycles. The fourth-order valence-electron chi connectivity index (χ4n) is 3.85. The summed E-state index contributed by atoms with van der Waals surface area (Å²) >= 11 is 0. The van der Waals surface area contributed by atoms with Crippen molar-refractivity contribution >= 4 is 0 Å². The molecule has 0 saturated heterocycles. The zero-order valence-electron chi connectivity index (χ0n) is 14.8. The molecule has 0 bridgehead atoms. The van der Waals surface area contributed by atoms with Crippen molar-refractivity contribution in [2.24, 2.45) is 5.92 Å². The number of rotatable bonds is 5. The van der Waals surface area contributed by atoms with Gasteiger partial charge in [-0.25, -0.2) is 8.78 Å². The van der Waals surface area contributed by atoms with E-state index in [0.717, 1.165) is 24.0 Å². The minimum atomic E-state index is -0.820. The zero-order chi connectivity index (χ0) is 18.9. The highest BCUT2D eigenvalue weighted by atomic mass is 19.2. The van der Waals surface area contributed by atoms with Gasteiger partial charge in [-0.3, -0.25) is 5.10 Å². The Hall–Kier alpha value is -2.54. The number of hydrogen-bond acceptors (Lipinski definition) is 4. The van der Waals surface area contributed by atoms with Crippen LogP contribution in [-0.4, -0.2) is 26.1 Å². The molecule has 1 aromatic carbocycles. The molecule has 2 aromatic heterocycles. The Kier molecular flexibility index (Phi) is 4.78. The van der Waals surface area contributed by atoms with E-state index in [0.29, 0.717) is 43.1 Å². The Labute approximate surface area is 155 Å². The molecule has 0 atom stereocenters. The van der Waals surface area contributed by atoms with Crippen molar-refractivity contribution in [2.45, 2.75) is 44.1 Å². The van der Waals surface area contributed by atoms with Crippen molar-refractivity contribution < 1.29 is 18.4 Å². The van der Waals surface area contributed by atoms with Crippen LogP contribution in [0.2, 0.25) is 0 Å². The lowest BCUT2D eigenvalue weighted by molar-refractivity contribution is -0.0100. The monoisotopic (exact) mass is 373 g/mol. The third-order valence-corrected chi connectivity index (χ3v) is 5.40. The maximum atomic E-state index is 13.4. The maximum Gasteiger partial charge on any atom is 0.170 e. The summed E-state index contributed by atoms with van der Waals surface area (Å²) in [4.78, 5) is 0. The summed E-state index contributed by atoms with van der Waals surface area (Å²) < 4.78 is 31.7. The van der Waals surface area contributed by atoms with Crippen LogP contribution in [-0.2, 0) is 12.8 Å². The Bertz CT molecular complexity index is 900. The number of benzene rings is 1. The van der Waals surface area contributed by atoms with Gasteiger partial charge < -0.3 is 9.63 Å². The van der Waals surface area contributed by atoms with Crippen molar-refractivity contribution in [3.05, 3.63) is 59.6 Å². The number of H-pyrrole nitrogens is 1. The lowest BCUT2D eigenvalue weighted by Gasteiger charge is -2.35. The van der Waals surface area contributed by atoms with Gasteiger partial charge in [0.15, 0.2) is 17.4 Å². The molecule has 5 nitrogen and oxygen atoms in total. The molecular formula is C20H21F2N3O2. The summed E-state index contributed by atoms with van der Waals surface area (Å²) in [6, 6.07) is 5.90. The van der Waals surface area contributed by atoms with Gasteiger partial charge in [-0.2, -0.15) is 5.10 Å². The average molecular weight is 373 g/mol. The standard InChI is InChI=1S/C20H21F2N3O2/c21-17-2-1-14(8-18(17)22)7-13-3-5-20(26,6-4-13)10-16-9-19(27-25-16)15-11-23-24-12-15/h1-2,8-9,11-13,26H,3-7,10H2,(H,23,24). The van der Waals surface area contributed by atoms with E-state index < -0.39 is 17.2 Å². The molecule has 4 rings (SSSR count). The van der Waals surface area contributed by atoms with Gasteiger partial charge in [0, 0.05) is 18.7 Å². The number of nitrogens with one attached hydrogen (secondary N) is 1. The fraction of sp³-hybridized carbons (Fsp3) is 0.400. The second-order valence-corrected chi connectivity index (χ2v) is 7.47. The van der Waals surface area contributed by atoms with E-state index in [-0.39, 0.29) is 0 Å². The van der Waals surface area contributed by atoms with Crippen molar-refractivity contribution in [3.8, 4) is 11.3 Å². The maximum absolute atomic E-state index is 13.4. The number of hydrogen-bond donors (Lipinski definition) is 2. The van der Waals surface area contributed by atoms with Gasteiger partial charge in [-0.05, 0) is 55.7 Å². The Morgan fingerprint density at radius 1 is 1.19 bits per heavy atom. The van der Waals surface area contributed by atoms with Crippen LogP contribution >= 0.6 is 0 Å². The van der Waals surface area contributed by atoms with Gasteiger partial charge in [0.05, 0.1) is 23.1 Å². The molecule has 1 aliphatic rings. The van der Waals surface area contributed by atoms with Gasteiger partial charge in [-0.1, -0.05) is 11.2 Å². The molecule has 7 heteroatoms. The fourth-order valence-corrected chi connectivity index (χ4v) is 3.85. The molecule has 3 aromatic rings. The van der Waals surface area contributed by atoms with Crippen LogP contribution in [0.4, 0.5) is 8.78 Å². The first-order valence-electron chi connectivity index (χ1n) is 9.12. The molecular weight excluding hydrogens is 352 g/mol. The largest absolute Gasteiger partial charge is 0.389 e. The van der Waals surface area contributed by atoms with E-state index in [1.807, 2.05) is 6.07 Å². The summed E-state index contributed by atoms with van der Waals surface area (Å²) in [5.74, 6) is -0.651. The quantitative estimate of drug-likeness (QED) is 0.708. The molecule has 2 N–H and O–H groups in total. The van der Waals surface area contributed by atoms with Crippen molar-refractivity contribution in [1.29, 1.82) is 0 Å². The Morgan fingerprint density at radius 3 is 2.70 bits per heavy atom. The minimum Gasteiger partial charge on any atom is -0.389 e. The van der Waals surface area contributed by atoms with E-state index in [9.17, 15) is 13.9 Å². The predicted molar refractivity (Wildman–Crippen MR) is 94.8 cm³/mol. The van der Waals surface area contributed by atoms with Gasteiger partial charge in [0.2, 0.25) is 0 Å². The van der Waals surface area contributed by atoms with Crippen LogP contribution < -0.4 is 0 Å². The number of aliphatic hydroxyl groups is 1. The second-order valence-electron chi connectivity index (χ2n) is 7.47. The number of aromatic nitrogens is 3. The zero-order valence-corrected chi connectivity index (χ0v) is 14.8. The van der Waals surface area contributed by atoms with Crippen molar-refractivity contribution in [1.82, 2.24) is 15.4 Å². The van der Waals surface area contributed by atoms with E-state index in [1.165, 1.54) is 12.1 Å². The first-order valence-corrected chi connectivity index (χ1v) is 9.12. The molecule has 0 spiro atoms. The molecule has 27 heavy (non-hydrogen) atoms. The van der Waals surface area contributed by atoms with Crippen LogP contribution in [0.15, 0.2) is 41.2 Å². The molecule has 2 heterocycles. The summed E-state index contributed by atoms with van der Waals surface area (Å²) in [7, 11) is 0. The molecule has 1 saturated carbocycles. The number of nitrogens with zero attached hydrogens (tertiary/aromatic N) is 2. The van der Waals surface area contributed by atoms with E-state index in [1.54, 1.807) is 18.5 Å². The summed E-state index contributed by atoms with van der Waals surface area (Å²) in [6.07, 6.45) is 7.48. The van der Waals surface area contributed by atoms with Gasteiger partial charge in [0.25, 0.3) is 0 Å². The SMILES string of the molecule is OC1(Cc2cc(-c3cn[nH]c3)on2)CCC(Cc2ccc(F)c(F)c2)CC1. The highest BCUT2D eigenvalue weighted by molar-refractivity contribution is 5.54. The molecule has 1 fully saturated rings. The summed E-state index contributed by atoms with van der Waals surface area (Å²) in [5, 5.41) is 21.6. The first kappa shape index (κ1) is 17.9. The van der Waals surface area contributed by atoms with Crippen LogP contribution in [0, 0.1) is 17.6 Å². The Balaban J connectivity index is 1.34. The second kappa shape index (κ2) is 7.23. The third-order valence-electron chi connectivity index (χ3n) is 5.40. The van der Waals surface area contributed by atoms with Gasteiger partial charge in [0.1, 0.15) is 0 Å². The third kappa shape index (κ3) is 4.08. The number of aromatic amines is 1. The van der Waals surface area contributed by atoms with Crippen molar-refractivity contribution in [2.75, 3.05) is 0 Å². The summed E-state index contributed by atoms with van der Waals surface area (Å²) in [6.45, 7) is 0. The lowest BCUT2D eigenvalue weighted by Crippen LogP contribution is -2.36. The minimum absolute atomic E-state index is 0.355. The highest BCUT2D eigenvalue weighted by Gasteiger charge is 2.34. The van der Waals surface area contributed by atoms with Crippen LogP contribution in [0.5, 0.6) is 0 Å². The topological polar surface area (TPSA) is 74.9 Å². The molecule has 0 radical (unpaired) electrons.